The van der Waals surface area contributed by atoms with Crippen LogP contribution in [0, 0.1) is 6.92 Å². The second kappa shape index (κ2) is 8.74. The van der Waals surface area contributed by atoms with Gasteiger partial charge in [-0.3, -0.25) is 9.52 Å². The van der Waals surface area contributed by atoms with Crippen LogP contribution in [0.3, 0.4) is 0 Å². The van der Waals surface area contributed by atoms with E-state index in [1.807, 2.05) is 19.2 Å². The standard InChI is InChI=1S/C23H27ClN6O3S/c1-15-14-30-21(25-22(15)28-9-5-10-28)13-19(26-30)20-6-3-4-11-29(20)23(31)17-12-16(24)7-8-18(17)27-34(2,32)33/h7-8,12-14,20,27H,3-6,9-11H2,1-2H3/t20-/m1/s1. The Bertz CT molecular complexity index is 1370. The van der Waals surface area contributed by atoms with E-state index in [0.717, 1.165) is 61.3 Å². The molecule has 2 aliphatic rings. The molecule has 5 rings (SSSR count). The van der Waals surface area contributed by atoms with Crippen molar-refractivity contribution in [2.24, 2.45) is 0 Å². The minimum Gasteiger partial charge on any atom is -0.356 e. The molecule has 2 saturated heterocycles. The molecule has 0 bridgehead atoms. The van der Waals surface area contributed by atoms with Crippen molar-refractivity contribution in [2.75, 3.05) is 35.5 Å². The summed E-state index contributed by atoms with van der Waals surface area (Å²) >= 11 is 6.17. The summed E-state index contributed by atoms with van der Waals surface area (Å²) in [5, 5.41) is 5.13. The van der Waals surface area contributed by atoms with Gasteiger partial charge in [0.2, 0.25) is 10.0 Å². The Balaban J connectivity index is 1.50. The van der Waals surface area contributed by atoms with Crippen LogP contribution < -0.4 is 9.62 Å². The van der Waals surface area contributed by atoms with Crippen LogP contribution in [-0.4, -0.2) is 59.7 Å². The number of hydrogen-bond acceptors (Lipinski definition) is 6. The number of nitrogens with one attached hydrogen (secondary N) is 1. The Morgan fingerprint density at radius 2 is 1.94 bits per heavy atom. The SMILES string of the molecule is Cc1cn2nc([C@H]3CCCCN3C(=O)c3cc(Cl)ccc3NS(C)(=O)=O)cc2nc1N1CCC1. The summed E-state index contributed by atoms with van der Waals surface area (Å²) in [6.45, 7) is 4.61. The molecule has 1 aromatic carbocycles. The lowest BCUT2D eigenvalue weighted by atomic mass is 9.98. The van der Waals surface area contributed by atoms with Crippen molar-refractivity contribution in [2.45, 2.75) is 38.6 Å². The van der Waals surface area contributed by atoms with E-state index in [9.17, 15) is 13.2 Å². The Morgan fingerprint density at radius 1 is 1.15 bits per heavy atom. The van der Waals surface area contributed by atoms with E-state index in [0.29, 0.717) is 11.6 Å². The summed E-state index contributed by atoms with van der Waals surface area (Å²) in [4.78, 5) is 22.5. The Kier molecular flexibility index (Phi) is 5.89. The largest absolute Gasteiger partial charge is 0.356 e. The van der Waals surface area contributed by atoms with Crippen LogP contribution in [0.15, 0.2) is 30.5 Å². The van der Waals surface area contributed by atoms with Crippen LogP contribution in [0.1, 0.15) is 53.3 Å². The highest BCUT2D eigenvalue weighted by molar-refractivity contribution is 7.92. The maximum Gasteiger partial charge on any atom is 0.256 e. The first-order valence-electron chi connectivity index (χ1n) is 11.4. The van der Waals surface area contributed by atoms with Crippen molar-refractivity contribution < 1.29 is 13.2 Å². The Morgan fingerprint density at radius 3 is 2.65 bits per heavy atom. The van der Waals surface area contributed by atoms with E-state index < -0.39 is 10.0 Å². The van der Waals surface area contributed by atoms with Gasteiger partial charge < -0.3 is 9.80 Å². The van der Waals surface area contributed by atoms with Crippen molar-refractivity contribution in [1.29, 1.82) is 0 Å². The summed E-state index contributed by atoms with van der Waals surface area (Å²) in [5.74, 6) is 0.706. The first-order valence-corrected chi connectivity index (χ1v) is 13.7. The lowest BCUT2D eigenvalue weighted by molar-refractivity contribution is 0.0607. The molecule has 2 aliphatic heterocycles. The van der Waals surface area contributed by atoms with E-state index in [4.69, 9.17) is 21.7 Å². The molecular formula is C23H27ClN6O3S. The highest BCUT2D eigenvalue weighted by Crippen LogP contribution is 2.34. The number of piperidine rings is 1. The van der Waals surface area contributed by atoms with Crippen molar-refractivity contribution in [3.05, 3.63) is 52.3 Å². The van der Waals surface area contributed by atoms with Gasteiger partial charge in [-0.25, -0.2) is 17.9 Å². The predicted molar refractivity (Wildman–Crippen MR) is 132 cm³/mol. The average molecular weight is 503 g/mol. The number of hydrogen-bond donors (Lipinski definition) is 1. The third-order valence-electron chi connectivity index (χ3n) is 6.39. The van der Waals surface area contributed by atoms with E-state index >= 15 is 0 Å². The molecule has 4 heterocycles. The number of aromatic nitrogens is 3. The quantitative estimate of drug-likeness (QED) is 0.571. The molecule has 2 aromatic heterocycles. The number of anilines is 2. The van der Waals surface area contributed by atoms with Crippen molar-refractivity contribution in [3.8, 4) is 0 Å². The molecule has 0 aliphatic carbocycles. The number of halogens is 1. The van der Waals surface area contributed by atoms with Crippen LogP contribution in [0.5, 0.6) is 0 Å². The smallest absolute Gasteiger partial charge is 0.256 e. The fourth-order valence-electron chi connectivity index (χ4n) is 4.65. The average Bonchev–Trinajstić information content (AvgIpc) is 3.15. The number of benzene rings is 1. The van der Waals surface area contributed by atoms with Gasteiger partial charge >= 0.3 is 0 Å². The van der Waals surface area contributed by atoms with E-state index in [1.54, 1.807) is 15.5 Å². The highest BCUT2D eigenvalue weighted by atomic mass is 35.5. The molecule has 2 fully saturated rings. The number of likely N-dealkylation sites (tertiary alicyclic amines) is 1. The minimum absolute atomic E-state index is 0.215. The fraction of sp³-hybridized carbons (Fsp3) is 0.435. The summed E-state index contributed by atoms with van der Waals surface area (Å²) in [6, 6.07) is 6.31. The fourth-order valence-corrected chi connectivity index (χ4v) is 5.40. The molecule has 1 N–H and O–H groups in total. The molecule has 0 spiro atoms. The number of aryl methyl sites for hydroxylation is 1. The van der Waals surface area contributed by atoms with Crippen LogP contribution in [0.4, 0.5) is 11.5 Å². The second-order valence-corrected chi connectivity index (χ2v) is 11.2. The molecule has 9 nitrogen and oxygen atoms in total. The van der Waals surface area contributed by atoms with Crippen molar-refractivity contribution >= 4 is 44.7 Å². The monoisotopic (exact) mass is 502 g/mol. The van der Waals surface area contributed by atoms with Gasteiger partial charge in [-0.1, -0.05) is 11.6 Å². The van der Waals surface area contributed by atoms with Gasteiger partial charge in [-0.15, -0.1) is 0 Å². The number of sulfonamides is 1. The van der Waals surface area contributed by atoms with Crippen LogP contribution >= 0.6 is 11.6 Å². The molecule has 1 atom stereocenters. The van der Waals surface area contributed by atoms with Gasteiger partial charge in [0.1, 0.15) is 5.82 Å². The first kappa shape index (κ1) is 22.9. The number of amides is 1. The molecule has 0 radical (unpaired) electrons. The Hall–Kier alpha value is -2.85. The summed E-state index contributed by atoms with van der Waals surface area (Å²) in [6.07, 6.45) is 6.82. The zero-order chi connectivity index (χ0) is 24.0. The number of carbonyl (C=O) groups is 1. The van der Waals surface area contributed by atoms with E-state index in [1.165, 1.54) is 18.6 Å². The zero-order valence-electron chi connectivity index (χ0n) is 19.2. The first-order chi connectivity index (χ1) is 16.2. The van der Waals surface area contributed by atoms with Gasteiger partial charge in [0, 0.05) is 42.5 Å². The number of fused-ring (bicyclic) bond motifs is 1. The zero-order valence-corrected chi connectivity index (χ0v) is 20.7. The second-order valence-electron chi connectivity index (χ2n) is 9.03. The van der Waals surface area contributed by atoms with Crippen molar-refractivity contribution in [1.82, 2.24) is 19.5 Å². The minimum atomic E-state index is -3.56. The van der Waals surface area contributed by atoms with Gasteiger partial charge in [-0.05, 0) is 50.8 Å². The van der Waals surface area contributed by atoms with Gasteiger partial charge in [0.25, 0.3) is 5.91 Å². The van der Waals surface area contributed by atoms with Crippen LogP contribution in [-0.2, 0) is 10.0 Å². The molecule has 180 valence electrons. The van der Waals surface area contributed by atoms with Crippen LogP contribution in [0.25, 0.3) is 5.65 Å². The summed E-state index contributed by atoms with van der Waals surface area (Å²) < 4.78 is 27.9. The van der Waals surface area contributed by atoms with Gasteiger partial charge in [0.15, 0.2) is 5.65 Å². The summed E-state index contributed by atoms with van der Waals surface area (Å²) in [7, 11) is -3.56. The van der Waals surface area contributed by atoms with Gasteiger partial charge in [0.05, 0.1) is 29.2 Å². The lowest BCUT2D eigenvalue weighted by Gasteiger charge is -2.35. The third kappa shape index (κ3) is 4.44. The topological polar surface area (TPSA) is 99.9 Å². The molecule has 0 saturated carbocycles. The molecule has 11 heteroatoms. The maximum absolute atomic E-state index is 13.7. The third-order valence-corrected chi connectivity index (χ3v) is 7.22. The molecular weight excluding hydrogens is 476 g/mol. The summed E-state index contributed by atoms with van der Waals surface area (Å²) in [5.41, 5.74) is 3.03. The van der Waals surface area contributed by atoms with Crippen LogP contribution in [0.2, 0.25) is 5.02 Å². The number of nitrogens with zero attached hydrogens (tertiary/aromatic N) is 5. The molecule has 0 unspecified atom stereocenters. The van der Waals surface area contributed by atoms with Crippen molar-refractivity contribution in [3.63, 3.8) is 0 Å². The maximum atomic E-state index is 13.7. The highest BCUT2D eigenvalue weighted by Gasteiger charge is 2.32. The van der Waals surface area contributed by atoms with E-state index in [-0.39, 0.29) is 23.2 Å². The lowest BCUT2D eigenvalue weighted by Crippen LogP contribution is -2.39. The normalized spacial score (nSPS) is 18.7. The van der Waals surface area contributed by atoms with E-state index in [2.05, 4.69) is 9.62 Å². The number of carbonyl (C=O) groups excluding carboxylic acids is 1. The molecule has 34 heavy (non-hydrogen) atoms. The molecule has 1 amide bonds. The van der Waals surface area contributed by atoms with Gasteiger partial charge in [-0.2, -0.15) is 5.10 Å². The predicted octanol–water partition coefficient (Wildman–Crippen LogP) is 3.64. The number of rotatable bonds is 5. The molecule has 3 aromatic rings. The Labute approximate surface area is 203 Å².